The van der Waals surface area contributed by atoms with E-state index in [1.807, 2.05) is 30.3 Å². The van der Waals surface area contributed by atoms with Gasteiger partial charge in [-0.2, -0.15) is 0 Å². The fourth-order valence-corrected chi connectivity index (χ4v) is 4.07. The molecule has 2 aromatic carbocycles. The highest BCUT2D eigenvalue weighted by Gasteiger charge is 2.36. The molecule has 0 spiro atoms. The summed E-state index contributed by atoms with van der Waals surface area (Å²) in [5, 5.41) is 2.56. The Labute approximate surface area is 195 Å². The lowest BCUT2D eigenvalue weighted by molar-refractivity contribution is -0.138. The summed E-state index contributed by atoms with van der Waals surface area (Å²) in [4.78, 5) is 23.8. The quantitative estimate of drug-likeness (QED) is 0.409. The fraction of sp³-hybridized carbons (Fsp3) is 0.360. The second-order valence-electron chi connectivity index (χ2n) is 8.52. The Kier molecular flexibility index (Phi) is 9.22. The van der Waals surface area contributed by atoms with Gasteiger partial charge in [0.2, 0.25) is 0 Å². The van der Waals surface area contributed by atoms with E-state index in [2.05, 4.69) is 5.32 Å². The largest absolute Gasteiger partial charge is 0.458 e. The number of rotatable bonds is 10. The Morgan fingerprint density at radius 3 is 2.30 bits per heavy atom. The Hall–Kier alpha value is -3.13. The van der Waals surface area contributed by atoms with Crippen LogP contribution in [0.2, 0.25) is 0 Å². The molecule has 0 atom stereocenters. The van der Waals surface area contributed by atoms with Crippen LogP contribution in [-0.2, 0) is 36.5 Å². The molecule has 0 unspecified atom stereocenters. The molecule has 2 aromatic rings. The van der Waals surface area contributed by atoms with Crippen LogP contribution in [0.5, 0.6) is 0 Å². The van der Waals surface area contributed by atoms with Crippen LogP contribution < -0.4 is 5.32 Å². The Balaban J connectivity index is 2.05. The molecule has 0 saturated heterocycles. The summed E-state index contributed by atoms with van der Waals surface area (Å²) in [6.45, 7) is 6.47. The summed E-state index contributed by atoms with van der Waals surface area (Å²) in [6.07, 6.45) is 2.15. The van der Waals surface area contributed by atoms with Crippen molar-refractivity contribution in [1.29, 1.82) is 0 Å². The Morgan fingerprint density at radius 1 is 1.00 bits per heavy atom. The highest BCUT2D eigenvalue weighted by Crippen LogP contribution is 2.24. The number of amides is 1. The molecule has 0 saturated carbocycles. The molecule has 0 aliphatic rings. The first-order chi connectivity index (χ1) is 15.5. The van der Waals surface area contributed by atoms with Crippen molar-refractivity contribution in [1.82, 2.24) is 5.32 Å². The number of hydrogen-bond donors (Lipinski definition) is 1. The second-order valence-corrected chi connectivity index (χ2v) is 11.1. The first kappa shape index (κ1) is 26.1. The minimum absolute atomic E-state index is 0.115. The normalized spacial score (nSPS) is 12.0. The highest BCUT2D eigenvalue weighted by atomic mass is 32.2. The van der Waals surface area contributed by atoms with Gasteiger partial charge in [-0.25, -0.2) is 18.0 Å². The maximum absolute atomic E-state index is 13.1. The first-order valence-corrected chi connectivity index (χ1v) is 12.3. The van der Waals surface area contributed by atoms with Gasteiger partial charge in [-0.15, -0.1) is 0 Å². The molecule has 1 amide bonds. The molecular formula is C25H31NO6S. The van der Waals surface area contributed by atoms with Crippen molar-refractivity contribution in [2.24, 2.45) is 0 Å². The molecule has 0 fully saturated rings. The van der Waals surface area contributed by atoms with Crippen molar-refractivity contribution in [3.8, 4) is 0 Å². The van der Waals surface area contributed by atoms with Crippen LogP contribution in [0.1, 0.15) is 44.4 Å². The average Bonchev–Trinajstić information content (AvgIpc) is 2.75. The van der Waals surface area contributed by atoms with Crippen molar-refractivity contribution in [3.63, 3.8) is 0 Å². The predicted molar refractivity (Wildman–Crippen MR) is 128 cm³/mol. The van der Waals surface area contributed by atoms with Gasteiger partial charge in [0, 0.05) is 12.1 Å². The molecule has 2 rings (SSSR count). The van der Waals surface area contributed by atoms with Gasteiger partial charge in [0.1, 0.15) is 18.0 Å². The van der Waals surface area contributed by atoms with Crippen LogP contribution in [0.25, 0.3) is 6.08 Å². The molecule has 33 heavy (non-hydrogen) atoms. The summed E-state index contributed by atoms with van der Waals surface area (Å²) < 4.78 is 35.2. The molecule has 1 N–H and O–H groups in total. The lowest BCUT2D eigenvalue weighted by Gasteiger charge is -2.25. The molecule has 0 aliphatic heterocycles. The van der Waals surface area contributed by atoms with E-state index in [9.17, 15) is 18.0 Å². The zero-order valence-electron chi connectivity index (χ0n) is 19.4. The van der Waals surface area contributed by atoms with Gasteiger partial charge >= 0.3 is 12.1 Å². The summed E-state index contributed by atoms with van der Waals surface area (Å²) in [5.41, 5.74) is 1.99. The number of nitrogens with one attached hydrogen (secondary N) is 1. The third kappa shape index (κ3) is 8.38. The maximum Gasteiger partial charge on any atom is 0.407 e. The van der Waals surface area contributed by atoms with Crippen molar-refractivity contribution in [3.05, 3.63) is 77.4 Å². The smallest absolute Gasteiger partial charge is 0.407 e. The fourth-order valence-electron chi connectivity index (χ4n) is 2.77. The van der Waals surface area contributed by atoms with E-state index >= 15 is 0 Å². The first-order valence-electron chi connectivity index (χ1n) is 10.6. The van der Waals surface area contributed by atoms with Gasteiger partial charge in [0.25, 0.3) is 0 Å². The third-order valence-electron chi connectivity index (χ3n) is 4.82. The topological polar surface area (TPSA) is 98.8 Å². The summed E-state index contributed by atoms with van der Waals surface area (Å²) in [5.74, 6) is -0.796. The van der Waals surface area contributed by atoms with Crippen LogP contribution in [0, 0.1) is 0 Å². The molecular weight excluding hydrogens is 442 g/mol. The Morgan fingerprint density at radius 2 is 1.64 bits per heavy atom. The minimum atomic E-state index is -3.70. The van der Waals surface area contributed by atoms with Crippen LogP contribution in [-0.4, -0.2) is 37.9 Å². The molecule has 7 nitrogen and oxygen atoms in total. The SMILES string of the molecule is CC(C)NC(=O)OCC(C)(C)S(=O)(=O)Cc1ccccc1/C=C/C(=O)OCc1ccccc1. The maximum atomic E-state index is 13.1. The molecule has 178 valence electrons. The standard InChI is InChI=1S/C25H31NO6S/c1-19(2)26-24(28)32-18-25(3,4)33(29,30)17-22-13-9-8-12-21(22)14-15-23(27)31-16-20-10-6-5-7-11-20/h5-15,19H,16-18H2,1-4H3,(H,26,28)/b15-14+. The number of carbonyl (C=O) groups excluding carboxylic acids is 2. The summed E-state index contributed by atoms with van der Waals surface area (Å²) >= 11 is 0. The van der Waals surface area contributed by atoms with Crippen LogP contribution in [0.15, 0.2) is 60.7 Å². The number of alkyl carbamates (subject to hydrolysis) is 1. The van der Waals surface area contributed by atoms with E-state index in [-0.39, 0.29) is 25.0 Å². The van der Waals surface area contributed by atoms with Gasteiger partial charge in [-0.1, -0.05) is 54.6 Å². The highest BCUT2D eigenvalue weighted by molar-refractivity contribution is 7.92. The van der Waals surface area contributed by atoms with Crippen molar-refractivity contribution in [2.75, 3.05) is 6.61 Å². The predicted octanol–water partition coefficient (Wildman–Crippen LogP) is 4.27. The van der Waals surface area contributed by atoms with E-state index in [0.29, 0.717) is 11.1 Å². The van der Waals surface area contributed by atoms with Crippen molar-refractivity contribution in [2.45, 2.75) is 50.8 Å². The molecule has 0 bridgehead atoms. The van der Waals surface area contributed by atoms with Crippen molar-refractivity contribution < 1.29 is 27.5 Å². The van der Waals surface area contributed by atoms with Gasteiger partial charge in [0.15, 0.2) is 9.84 Å². The van der Waals surface area contributed by atoms with Crippen LogP contribution >= 0.6 is 0 Å². The lowest BCUT2D eigenvalue weighted by Crippen LogP contribution is -2.41. The van der Waals surface area contributed by atoms with Gasteiger partial charge in [0.05, 0.1) is 5.75 Å². The lowest BCUT2D eigenvalue weighted by atomic mass is 10.1. The van der Waals surface area contributed by atoms with E-state index in [0.717, 1.165) is 5.56 Å². The number of ether oxygens (including phenoxy) is 2. The molecule has 0 aliphatic carbocycles. The summed E-state index contributed by atoms with van der Waals surface area (Å²) in [6, 6.07) is 16.1. The van der Waals surface area contributed by atoms with Crippen LogP contribution in [0.4, 0.5) is 4.79 Å². The number of carbonyl (C=O) groups is 2. The molecule has 0 radical (unpaired) electrons. The number of hydrogen-bond acceptors (Lipinski definition) is 6. The number of esters is 1. The molecule has 0 heterocycles. The monoisotopic (exact) mass is 473 g/mol. The van der Waals surface area contributed by atoms with Crippen molar-refractivity contribution >= 4 is 28.0 Å². The van der Waals surface area contributed by atoms with E-state index in [4.69, 9.17) is 9.47 Å². The molecule has 8 heteroatoms. The van der Waals surface area contributed by atoms with Gasteiger partial charge in [-0.05, 0) is 50.5 Å². The number of benzene rings is 2. The van der Waals surface area contributed by atoms with Gasteiger partial charge < -0.3 is 14.8 Å². The van der Waals surface area contributed by atoms with Gasteiger partial charge in [-0.3, -0.25) is 0 Å². The van der Waals surface area contributed by atoms with E-state index in [1.54, 1.807) is 38.1 Å². The average molecular weight is 474 g/mol. The number of sulfone groups is 1. The van der Waals surface area contributed by atoms with E-state index < -0.39 is 26.6 Å². The second kappa shape index (κ2) is 11.7. The van der Waals surface area contributed by atoms with E-state index in [1.165, 1.54) is 26.0 Å². The Bertz CT molecular complexity index is 1080. The zero-order chi connectivity index (χ0) is 24.5. The minimum Gasteiger partial charge on any atom is -0.458 e. The summed E-state index contributed by atoms with van der Waals surface area (Å²) in [7, 11) is -3.70. The third-order valence-corrected chi connectivity index (χ3v) is 7.32. The van der Waals surface area contributed by atoms with Crippen LogP contribution in [0.3, 0.4) is 0 Å². The zero-order valence-corrected chi connectivity index (χ0v) is 20.2. The molecule has 0 aromatic heterocycles.